The van der Waals surface area contributed by atoms with Gasteiger partial charge in [-0.25, -0.2) is 13.8 Å². The summed E-state index contributed by atoms with van der Waals surface area (Å²) in [5.41, 5.74) is 6.41. The quantitative estimate of drug-likeness (QED) is 0.889. The molecule has 0 aliphatic carbocycles. The van der Waals surface area contributed by atoms with Crippen molar-refractivity contribution < 1.29 is 18.0 Å². The molecule has 0 fully saturated rings. The van der Waals surface area contributed by atoms with E-state index in [1.807, 2.05) is 13.8 Å². The third kappa shape index (κ3) is 3.67. The van der Waals surface area contributed by atoms with Crippen LogP contribution >= 0.6 is 0 Å². The molecular weight excluding hydrogens is 292 g/mol. The van der Waals surface area contributed by atoms with Crippen LogP contribution in [0.25, 0.3) is 0 Å². The van der Waals surface area contributed by atoms with Gasteiger partial charge in [0.15, 0.2) is 17.3 Å². The average molecular weight is 309 g/mol. The molecule has 0 saturated carbocycles. The molecule has 1 aromatic carbocycles. The maximum Gasteiger partial charge on any atom is 0.273 e. The highest BCUT2D eigenvalue weighted by molar-refractivity contribution is 5.91. The number of hydrogen-bond donors (Lipinski definition) is 2. The minimum Gasteiger partial charge on any atom is -0.446 e. The number of oxazole rings is 1. The molecule has 7 heteroatoms. The number of aromatic nitrogens is 1. The first-order chi connectivity index (χ1) is 10.4. The van der Waals surface area contributed by atoms with E-state index < -0.39 is 23.6 Å². The summed E-state index contributed by atoms with van der Waals surface area (Å²) >= 11 is 0. The van der Waals surface area contributed by atoms with Gasteiger partial charge < -0.3 is 15.5 Å². The summed E-state index contributed by atoms with van der Waals surface area (Å²) in [6.45, 7) is 3.88. The number of carbonyl (C=O) groups excluding carboxylic acids is 1. The second-order valence-corrected chi connectivity index (χ2v) is 5.27. The van der Waals surface area contributed by atoms with Crippen LogP contribution in [0.15, 0.2) is 28.9 Å². The number of halogens is 2. The summed E-state index contributed by atoms with van der Waals surface area (Å²) in [5, 5.41) is 2.55. The normalized spacial score (nSPS) is 12.5. The molecule has 3 N–H and O–H groups in total. The predicted octanol–water partition coefficient (Wildman–Crippen LogP) is 2.54. The fraction of sp³-hybridized carbons (Fsp3) is 0.333. The zero-order valence-electron chi connectivity index (χ0n) is 12.3. The van der Waals surface area contributed by atoms with E-state index in [0.29, 0.717) is 5.56 Å². The largest absolute Gasteiger partial charge is 0.446 e. The highest BCUT2D eigenvalue weighted by atomic mass is 19.2. The van der Waals surface area contributed by atoms with Crippen molar-refractivity contribution in [2.45, 2.75) is 26.4 Å². The number of carbonyl (C=O) groups is 1. The third-order valence-corrected chi connectivity index (χ3v) is 3.20. The van der Waals surface area contributed by atoms with Gasteiger partial charge in [-0.3, -0.25) is 4.79 Å². The molecule has 1 unspecified atom stereocenters. The van der Waals surface area contributed by atoms with Crippen LogP contribution in [0.4, 0.5) is 8.78 Å². The molecule has 0 radical (unpaired) electrons. The summed E-state index contributed by atoms with van der Waals surface area (Å²) in [7, 11) is 0. The van der Waals surface area contributed by atoms with Gasteiger partial charge in [0.05, 0.1) is 6.04 Å². The zero-order chi connectivity index (χ0) is 16.3. The molecule has 1 aromatic heterocycles. The maximum absolute atomic E-state index is 13.1. The number of nitrogens with one attached hydrogen (secondary N) is 1. The Balaban J connectivity index is 1.99. The van der Waals surface area contributed by atoms with Gasteiger partial charge >= 0.3 is 0 Å². The summed E-state index contributed by atoms with van der Waals surface area (Å²) in [5.74, 6) is -1.96. The molecule has 1 amide bonds. The van der Waals surface area contributed by atoms with Crippen LogP contribution in [0.5, 0.6) is 0 Å². The molecule has 2 aromatic rings. The fourth-order valence-electron chi connectivity index (χ4n) is 1.75. The minimum absolute atomic E-state index is 0.0501. The Hall–Kier alpha value is -2.28. The monoisotopic (exact) mass is 309 g/mol. The van der Waals surface area contributed by atoms with Crippen molar-refractivity contribution >= 4 is 5.91 Å². The zero-order valence-corrected chi connectivity index (χ0v) is 12.3. The molecule has 22 heavy (non-hydrogen) atoms. The van der Waals surface area contributed by atoms with E-state index >= 15 is 0 Å². The lowest BCUT2D eigenvalue weighted by molar-refractivity contribution is 0.0945. The van der Waals surface area contributed by atoms with Gasteiger partial charge in [0.25, 0.3) is 5.91 Å². The molecule has 1 atom stereocenters. The Kier molecular flexibility index (Phi) is 4.87. The number of hydrogen-bond acceptors (Lipinski definition) is 4. The van der Waals surface area contributed by atoms with Crippen LogP contribution in [-0.4, -0.2) is 10.9 Å². The van der Waals surface area contributed by atoms with Crippen molar-refractivity contribution in [1.82, 2.24) is 10.3 Å². The number of rotatable bonds is 5. The summed E-state index contributed by atoms with van der Waals surface area (Å²) < 4.78 is 31.1. The first-order valence-corrected chi connectivity index (χ1v) is 6.81. The Labute approximate surface area is 126 Å². The van der Waals surface area contributed by atoms with Crippen molar-refractivity contribution in [3.63, 3.8) is 0 Å². The van der Waals surface area contributed by atoms with Crippen LogP contribution in [0.3, 0.4) is 0 Å². The van der Waals surface area contributed by atoms with E-state index in [1.54, 1.807) is 0 Å². The molecule has 0 saturated heterocycles. The van der Waals surface area contributed by atoms with Crippen molar-refractivity contribution in [1.29, 1.82) is 0 Å². The Morgan fingerprint density at radius 2 is 2.09 bits per heavy atom. The number of nitrogens with two attached hydrogens (primary N) is 1. The van der Waals surface area contributed by atoms with Crippen LogP contribution in [-0.2, 0) is 6.54 Å². The lowest BCUT2D eigenvalue weighted by Crippen LogP contribution is -2.24. The van der Waals surface area contributed by atoms with Crippen LogP contribution in [0.2, 0.25) is 0 Å². The van der Waals surface area contributed by atoms with Gasteiger partial charge in [0.1, 0.15) is 6.26 Å². The maximum atomic E-state index is 13.1. The van der Waals surface area contributed by atoms with Gasteiger partial charge in [-0.1, -0.05) is 19.9 Å². The number of nitrogens with zero attached hydrogens (tertiary/aromatic N) is 1. The molecule has 2 rings (SSSR count). The van der Waals surface area contributed by atoms with Gasteiger partial charge in [0.2, 0.25) is 5.89 Å². The van der Waals surface area contributed by atoms with E-state index in [9.17, 15) is 13.6 Å². The highest BCUT2D eigenvalue weighted by Crippen LogP contribution is 2.18. The van der Waals surface area contributed by atoms with E-state index in [4.69, 9.17) is 10.2 Å². The fourth-order valence-corrected chi connectivity index (χ4v) is 1.75. The number of benzene rings is 1. The average Bonchev–Trinajstić information content (AvgIpc) is 2.97. The van der Waals surface area contributed by atoms with Crippen molar-refractivity contribution in [3.8, 4) is 0 Å². The minimum atomic E-state index is -0.960. The number of amides is 1. The van der Waals surface area contributed by atoms with Crippen molar-refractivity contribution in [2.24, 2.45) is 11.7 Å². The molecule has 1 heterocycles. The van der Waals surface area contributed by atoms with Crippen LogP contribution in [0, 0.1) is 17.6 Å². The van der Waals surface area contributed by atoms with Gasteiger partial charge in [0, 0.05) is 6.54 Å². The molecule has 0 aliphatic rings. The Morgan fingerprint density at radius 3 is 2.73 bits per heavy atom. The SMILES string of the molecule is CC(C)C(N)c1nc(C(=O)NCc2ccc(F)c(F)c2)co1. The summed E-state index contributed by atoms with van der Waals surface area (Å²) in [4.78, 5) is 16.0. The lowest BCUT2D eigenvalue weighted by atomic mass is 10.1. The van der Waals surface area contributed by atoms with Crippen molar-refractivity contribution in [3.05, 3.63) is 53.2 Å². The smallest absolute Gasteiger partial charge is 0.273 e. The molecule has 118 valence electrons. The molecule has 0 spiro atoms. The third-order valence-electron chi connectivity index (χ3n) is 3.20. The standard InChI is InChI=1S/C15H17F2N3O2/c1-8(2)13(18)15-20-12(7-22-15)14(21)19-6-9-3-4-10(16)11(17)5-9/h3-5,7-8,13H,6,18H2,1-2H3,(H,19,21). The Bertz CT molecular complexity index is 671. The second kappa shape index (κ2) is 6.65. The van der Waals surface area contributed by atoms with Gasteiger partial charge in [-0.05, 0) is 23.6 Å². The van der Waals surface area contributed by atoms with Gasteiger partial charge in [-0.2, -0.15) is 0 Å². The van der Waals surface area contributed by atoms with Crippen molar-refractivity contribution in [2.75, 3.05) is 0 Å². The van der Waals surface area contributed by atoms with Crippen LogP contribution < -0.4 is 11.1 Å². The first-order valence-electron chi connectivity index (χ1n) is 6.81. The van der Waals surface area contributed by atoms with Crippen LogP contribution in [0.1, 0.15) is 41.8 Å². The van der Waals surface area contributed by atoms with E-state index in [2.05, 4.69) is 10.3 Å². The molecule has 5 nitrogen and oxygen atoms in total. The summed E-state index contributed by atoms with van der Waals surface area (Å²) in [6.07, 6.45) is 1.22. The predicted molar refractivity (Wildman–Crippen MR) is 75.8 cm³/mol. The van der Waals surface area contributed by atoms with E-state index in [-0.39, 0.29) is 24.0 Å². The topological polar surface area (TPSA) is 81.1 Å². The molecule has 0 aliphatic heterocycles. The Morgan fingerprint density at radius 1 is 1.36 bits per heavy atom. The van der Waals surface area contributed by atoms with Gasteiger partial charge in [-0.15, -0.1) is 0 Å². The van der Waals surface area contributed by atoms with E-state index in [1.165, 1.54) is 12.3 Å². The first kappa shape index (κ1) is 16.1. The van der Waals surface area contributed by atoms with E-state index in [0.717, 1.165) is 12.1 Å². The highest BCUT2D eigenvalue weighted by Gasteiger charge is 2.19. The molecular formula is C15H17F2N3O2. The summed E-state index contributed by atoms with van der Waals surface area (Å²) in [6, 6.07) is 3.03. The lowest BCUT2D eigenvalue weighted by Gasteiger charge is -2.10. The molecule has 0 bridgehead atoms. The second-order valence-electron chi connectivity index (χ2n) is 5.27.